The smallest absolute Gasteiger partial charge is 0.335 e. The number of carbonyl (C=O) groups is 4. The highest BCUT2D eigenvalue weighted by Crippen LogP contribution is 2.27. The number of aliphatic hydroxyl groups is 2. The molecule has 6 unspecified atom stereocenters. The van der Waals surface area contributed by atoms with Gasteiger partial charge in [-0.3, -0.25) is 14.4 Å². The van der Waals surface area contributed by atoms with Crippen LogP contribution >= 0.6 is 0 Å². The van der Waals surface area contributed by atoms with Crippen molar-refractivity contribution in [2.75, 3.05) is 13.2 Å². The Balaban J connectivity index is 2.68. The lowest BCUT2D eigenvalue weighted by molar-refractivity contribution is -0.301. The van der Waals surface area contributed by atoms with E-state index in [1.165, 1.54) is 77.0 Å². The molecule has 1 rings (SSSR count). The second-order valence-electron chi connectivity index (χ2n) is 22.7. The van der Waals surface area contributed by atoms with E-state index in [2.05, 4.69) is 130 Å². The number of aliphatic carboxylic acids is 1. The highest BCUT2D eigenvalue weighted by atomic mass is 16.7. The summed E-state index contributed by atoms with van der Waals surface area (Å²) in [6, 6.07) is 0. The molecule has 0 aromatic carbocycles. The third-order valence-corrected chi connectivity index (χ3v) is 14.8. The summed E-state index contributed by atoms with van der Waals surface area (Å²) in [5, 5.41) is 31.7. The third kappa shape index (κ3) is 49.1. The van der Waals surface area contributed by atoms with Gasteiger partial charge in [0.25, 0.3) is 0 Å². The van der Waals surface area contributed by atoms with Crippen LogP contribution in [0.3, 0.4) is 0 Å². The van der Waals surface area contributed by atoms with Crippen molar-refractivity contribution < 1.29 is 58.2 Å². The van der Waals surface area contributed by atoms with E-state index in [0.29, 0.717) is 19.3 Å². The maximum atomic E-state index is 13.2. The Morgan fingerprint density at radius 1 is 0.400 bits per heavy atom. The molecular formula is C73H120O12. The van der Waals surface area contributed by atoms with Crippen LogP contribution in [0.5, 0.6) is 0 Å². The Kier molecular flexibility index (Phi) is 55.1. The number of carboxylic acid groups (broad SMARTS) is 1. The van der Waals surface area contributed by atoms with Gasteiger partial charge in [-0.2, -0.15) is 0 Å². The maximum absolute atomic E-state index is 13.2. The summed E-state index contributed by atoms with van der Waals surface area (Å²) in [4.78, 5) is 51.4. The average Bonchev–Trinajstić information content (AvgIpc) is 3.53. The van der Waals surface area contributed by atoms with E-state index in [0.717, 1.165) is 141 Å². The number of esters is 3. The number of carboxylic acids is 1. The Morgan fingerprint density at radius 3 is 1.13 bits per heavy atom. The van der Waals surface area contributed by atoms with Gasteiger partial charge in [0.1, 0.15) is 18.8 Å². The van der Waals surface area contributed by atoms with Crippen molar-refractivity contribution in [3.8, 4) is 0 Å². The summed E-state index contributed by atoms with van der Waals surface area (Å²) in [7, 11) is 0. The molecule has 0 amide bonds. The SMILES string of the molecule is CC/C=C\C/C=C\C/C=C\C/C=C\CCCCCCC(=O)OC(COC(=O)CCCCCCCC/C=C\C/C=C\C/C=C\CCCCC)COC1OC(C(=O)O)C(O)C(O)C1OC(=O)CCCCCCCCCCC/C=C\C/C=C\CCCCC. The molecule has 0 bridgehead atoms. The molecule has 6 atom stereocenters. The predicted molar refractivity (Wildman–Crippen MR) is 349 cm³/mol. The molecule has 0 spiro atoms. The highest BCUT2D eigenvalue weighted by molar-refractivity contribution is 5.74. The van der Waals surface area contributed by atoms with Gasteiger partial charge in [0.2, 0.25) is 0 Å². The summed E-state index contributed by atoms with van der Waals surface area (Å²) < 4.78 is 28.5. The van der Waals surface area contributed by atoms with Crippen molar-refractivity contribution in [1.29, 1.82) is 0 Å². The Bertz CT molecular complexity index is 1890. The topological polar surface area (TPSA) is 175 Å². The average molecular weight is 1190 g/mol. The minimum atomic E-state index is -1.92. The summed E-state index contributed by atoms with van der Waals surface area (Å²) in [6.07, 6.45) is 68.9. The molecule has 3 N–H and O–H groups in total. The molecule has 1 saturated heterocycles. The van der Waals surface area contributed by atoms with Gasteiger partial charge in [0, 0.05) is 19.3 Å². The van der Waals surface area contributed by atoms with E-state index in [1.807, 2.05) is 0 Å². The summed E-state index contributed by atoms with van der Waals surface area (Å²) >= 11 is 0. The van der Waals surface area contributed by atoms with Gasteiger partial charge in [-0.25, -0.2) is 4.79 Å². The van der Waals surface area contributed by atoms with Gasteiger partial charge >= 0.3 is 23.9 Å². The summed E-state index contributed by atoms with van der Waals surface area (Å²) in [5.41, 5.74) is 0. The molecule has 1 aliphatic heterocycles. The Hall–Kier alpha value is -4.62. The van der Waals surface area contributed by atoms with E-state index in [4.69, 9.17) is 23.7 Å². The number of carbonyl (C=O) groups excluding carboxylic acids is 3. The Labute approximate surface area is 516 Å². The van der Waals surface area contributed by atoms with E-state index in [9.17, 15) is 34.5 Å². The minimum Gasteiger partial charge on any atom is -0.479 e. The number of allylic oxidation sites excluding steroid dienone is 18. The molecule has 0 aromatic heterocycles. The van der Waals surface area contributed by atoms with Crippen LogP contribution in [0.1, 0.15) is 278 Å². The van der Waals surface area contributed by atoms with E-state index in [-0.39, 0.29) is 25.9 Å². The fourth-order valence-electron chi connectivity index (χ4n) is 9.63. The third-order valence-electron chi connectivity index (χ3n) is 14.8. The lowest BCUT2D eigenvalue weighted by atomic mass is 9.98. The standard InChI is InChI=1S/C73H120O12/c1-4-7-10-13-16-19-22-25-28-31-33-36-38-41-44-47-50-53-56-59-65(74)81-62-64(83-66(75)60-57-54-51-48-45-42-39-35-30-27-24-21-18-15-12-9-6-3)63-82-73-71(69(78)68(77)70(85-73)72(79)80)84-67(76)61-58-55-52-49-46-43-40-37-34-32-29-26-23-20-17-14-11-8-5-2/h9,12,16-21,25-30,33,36,39,42,64,68-71,73,77-78H,4-8,10-11,13-15,22-24,31-32,34-35,37-38,40-41,43-63H2,1-3H3,(H,79,80)/b12-9-,19-16-,20-17-,21-18-,28-25-,29-26-,30-27-,36-33-,42-39-. The molecule has 12 heteroatoms. The van der Waals surface area contributed by atoms with Crippen LogP contribution in [0, 0.1) is 0 Å². The number of hydrogen-bond acceptors (Lipinski definition) is 11. The van der Waals surface area contributed by atoms with Crippen LogP contribution in [-0.2, 0) is 42.9 Å². The zero-order chi connectivity index (χ0) is 61.7. The van der Waals surface area contributed by atoms with Gasteiger partial charge < -0.3 is 39.0 Å². The van der Waals surface area contributed by atoms with Crippen LogP contribution in [0.25, 0.3) is 0 Å². The summed E-state index contributed by atoms with van der Waals surface area (Å²) in [5.74, 6) is -3.17. The van der Waals surface area contributed by atoms with E-state index in [1.54, 1.807) is 0 Å². The molecule has 85 heavy (non-hydrogen) atoms. The normalized spacial score (nSPS) is 18.2. The molecular weight excluding hydrogens is 1070 g/mol. The molecule has 1 fully saturated rings. The van der Waals surface area contributed by atoms with Crippen molar-refractivity contribution in [1.82, 2.24) is 0 Å². The van der Waals surface area contributed by atoms with Gasteiger partial charge in [-0.1, -0.05) is 239 Å². The van der Waals surface area contributed by atoms with Crippen LogP contribution in [0.2, 0.25) is 0 Å². The first-order chi connectivity index (χ1) is 41.6. The van der Waals surface area contributed by atoms with Gasteiger partial charge in [-0.15, -0.1) is 0 Å². The van der Waals surface area contributed by atoms with Gasteiger partial charge in [-0.05, 0) is 128 Å². The molecule has 0 saturated carbocycles. The van der Waals surface area contributed by atoms with Crippen LogP contribution in [-0.4, -0.2) is 89.2 Å². The first-order valence-electron chi connectivity index (χ1n) is 33.9. The number of ether oxygens (including phenoxy) is 5. The first-order valence-corrected chi connectivity index (χ1v) is 33.9. The van der Waals surface area contributed by atoms with Crippen LogP contribution < -0.4 is 0 Å². The van der Waals surface area contributed by atoms with Crippen molar-refractivity contribution in [2.45, 2.75) is 314 Å². The molecule has 1 heterocycles. The number of unbranched alkanes of at least 4 members (excludes halogenated alkanes) is 25. The summed E-state index contributed by atoms with van der Waals surface area (Å²) in [6.45, 7) is 5.82. The highest BCUT2D eigenvalue weighted by Gasteiger charge is 2.50. The monoisotopic (exact) mass is 1190 g/mol. The van der Waals surface area contributed by atoms with Gasteiger partial charge in [0.05, 0.1) is 6.61 Å². The van der Waals surface area contributed by atoms with Crippen molar-refractivity contribution in [2.24, 2.45) is 0 Å². The second-order valence-corrected chi connectivity index (χ2v) is 22.7. The maximum Gasteiger partial charge on any atom is 0.335 e. The Morgan fingerprint density at radius 2 is 0.741 bits per heavy atom. The zero-order valence-corrected chi connectivity index (χ0v) is 53.6. The molecule has 0 radical (unpaired) electrons. The molecule has 12 nitrogen and oxygen atoms in total. The number of hydrogen-bond donors (Lipinski definition) is 3. The van der Waals surface area contributed by atoms with Crippen molar-refractivity contribution in [3.63, 3.8) is 0 Å². The second kappa shape index (κ2) is 59.7. The zero-order valence-electron chi connectivity index (χ0n) is 53.6. The van der Waals surface area contributed by atoms with E-state index < -0.39 is 67.3 Å². The van der Waals surface area contributed by atoms with E-state index >= 15 is 0 Å². The van der Waals surface area contributed by atoms with Crippen LogP contribution in [0.4, 0.5) is 0 Å². The molecule has 1 aliphatic rings. The first kappa shape index (κ1) is 78.4. The predicted octanol–water partition coefficient (Wildman–Crippen LogP) is 18.6. The lowest BCUT2D eigenvalue weighted by Crippen LogP contribution is -2.61. The van der Waals surface area contributed by atoms with Gasteiger partial charge in [0.15, 0.2) is 24.6 Å². The fraction of sp³-hybridized carbons (Fsp3) is 0.699. The van der Waals surface area contributed by atoms with Crippen molar-refractivity contribution in [3.05, 3.63) is 109 Å². The molecule has 484 valence electrons. The lowest BCUT2D eigenvalue weighted by Gasteiger charge is -2.40. The fourth-order valence-corrected chi connectivity index (χ4v) is 9.63. The number of aliphatic hydroxyl groups excluding tert-OH is 2. The number of rotatable bonds is 57. The minimum absolute atomic E-state index is 0.0467. The quantitative estimate of drug-likeness (QED) is 0.0228. The van der Waals surface area contributed by atoms with Crippen LogP contribution in [0.15, 0.2) is 109 Å². The molecule has 0 aromatic rings. The largest absolute Gasteiger partial charge is 0.479 e. The van der Waals surface area contributed by atoms with Crippen molar-refractivity contribution >= 4 is 23.9 Å². The molecule has 0 aliphatic carbocycles.